The minimum atomic E-state index is -1.29. The average Bonchev–Trinajstić information content (AvgIpc) is 3.62. The first-order valence-corrected chi connectivity index (χ1v) is 19.1. The molecule has 0 spiro atoms. The molecule has 4 amide bonds. The van der Waals surface area contributed by atoms with Crippen LogP contribution in [0.4, 0.5) is 0 Å². The Balaban J connectivity index is 0.000000218. The quantitative estimate of drug-likeness (QED) is 0.0977. The van der Waals surface area contributed by atoms with E-state index < -0.39 is 70.8 Å². The van der Waals surface area contributed by atoms with Gasteiger partial charge in [0, 0.05) is 12.4 Å². The molecule has 0 saturated carbocycles. The fraction of sp³-hybridized carbons (Fsp3) is 0.289. The number of pyridine rings is 2. The summed E-state index contributed by atoms with van der Waals surface area (Å²) in [4.78, 5) is 86.4. The third-order valence-electron chi connectivity index (χ3n) is 11.5. The molecule has 14 nitrogen and oxygen atoms in total. The third-order valence-corrected chi connectivity index (χ3v) is 11.5. The minimum absolute atomic E-state index is 0. The molecule has 302 valence electrons. The van der Waals surface area contributed by atoms with Gasteiger partial charge in [-0.25, -0.2) is 4.79 Å². The van der Waals surface area contributed by atoms with E-state index in [4.69, 9.17) is 16.2 Å². The van der Waals surface area contributed by atoms with Crippen molar-refractivity contribution in [1.82, 2.24) is 19.8 Å². The number of aliphatic carboxylic acids is 1. The number of carboxylic acids is 1. The van der Waals surface area contributed by atoms with E-state index in [9.17, 15) is 33.9 Å². The van der Waals surface area contributed by atoms with Crippen LogP contribution in [0, 0.1) is 10.8 Å². The van der Waals surface area contributed by atoms with E-state index in [1.54, 1.807) is 56.4 Å². The number of hydrogen-bond donors (Lipinski definition) is 2. The van der Waals surface area contributed by atoms with Crippen LogP contribution in [0.1, 0.15) is 69.2 Å². The number of β-lactam (4-membered cyclic amide) rings is 2. The van der Waals surface area contributed by atoms with E-state index in [1.807, 2.05) is 74.5 Å². The molecule has 0 radical (unpaired) electrons. The predicted octanol–water partition coefficient (Wildman–Crippen LogP) is -0.254. The maximum atomic E-state index is 13.7. The van der Waals surface area contributed by atoms with Crippen LogP contribution in [0.15, 0.2) is 121 Å². The van der Waals surface area contributed by atoms with Crippen LogP contribution in [0.25, 0.3) is 11.1 Å². The summed E-state index contributed by atoms with van der Waals surface area (Å²) in [6, 6.07) is 26.4. The number of ether oxygens (including phenoxy) is 1. The second-order valence-electron chi connectivity index (χ2n) is 16.3. The molecule has 4 aliphatic heterocycles. The fourth-order valence-electron chi connectivity index (χ4n) is 8.95. The Hall–Kier alpha value is -5.96. The maximum Gasteiger partial charge on any atom is 1.00 e. The Kier molecular flexibility index (Phi) is 12.3. The Morgan fingerprint density at radius 1 is 0.650 bits per heavy atom. The van der Waals surface area contributed by atoms with E-state index in [-0.39, 0.29) is 52.2 Å². The Morgan fingerprint density at radius 3 is 1.40 bits per heavy atom. The Morgan fingerprint density at radius 2 is 1.03 bits per heavy atom. The van der Waals surface area contributed by atoms with Crippen molar-refractivity contribution in [3.05, 3.63) is 143 Å². The van der Waals surface area contributed by atoms with Crippen LogP contribution in [0.5, 0.6) is 0 Å². The Bertz CT molecular complexity index is 2370. The summed E-state index contributed by atoms with van der Waals surface area (Å²) in [7, 11) is 0. The molecular weight excluding hydrogens is 776 g/mol. The molecule has 2 aromatic carbocycles. The number of nitrogens with zero attached hydrogens (tertiary/aromatic N) is 4. The fourth-order valence-corrected chi connectivity index (χ4v) is 8.95. The number of carbonyl (C=O) groups excluding carboxylic acids is 6. The summed E-state index contributed by atoms with van der Waals surface area (Å²) in [5.41, 5.74) is 13.0. The van der Waals surface area contributed by atoms with Gasteiger partial charge < -0.3 is 35.9 Å². The van der Waals surface area contributed by atoms with Gasteiger partial charge in [-0.1, -0.05) is 100 Å². The molecule has 4 aliphatic rings. The summed E-state index contributed by atoms with van der Waals surface area (Å²) in [6.45, 7) is 7.41. The molecule has 4 N–H and O–H groups in total. The van der Waals surface area contributed by atoms with Crippen LogP contribution in [-0.2, 0) is 33.5 Å². The number of primary amides is 2. The SMILES string of the molecule is CC1(C)CC2/C(=C(/C(N)=O)c3ccccn3)C(=O)N2[C@H]1C(=O)OC(c1ccccc1)c1ccccc1.CC1(C)CC2/C(=C(/C(N)=O)c3ccccn3)C(=O)N2[C@H]1C(=O)[O-].[Na+]. The zero-order valence-electron chi connectivity index (χ0n) is 33.9. The van der Waals surface area contributed by atoms with Crippen LogP contribution in [0.2, 0.25) is 0 Å². The van der Waals surface area contributed by atoms with E-state index in [0.29, 0.717) is 29.8 Å². The molecule has 4 saturated heterocycles. The molecule has 15 heteroatoms. The van der Waals surface area contributed by atoms with Gasteiger partial charge in [0.2, 0.25) is 0 Å². The topological polar surface area (TPSA) is 219 Å². The van der Waals surface area contributed by atoms with Gasteiger partial charge in [-0.3, -0.25) is 29.1 Å². The zero-order chi connectivity index (χ0) is 42.4. The monoisotopic (exact) mass is 818 g/mol. The van der Waals surface area contributed by atoms with Crippen LogP contribution in [0.3, 0.4) is 0 Å². The molecule has 4 fully saturated rings. The first kappa shape index (κ1) is 43.6. The average molecular weight is 819 g/mol. The van der Waals surface area contributed by atoms with Crippen molar-refractivity contribution in [3.8, 4) is 0 Å². The van der Waals surface area contributed by atoms with Gasteiger partial charge >= 0.3 is 35.5 Å². The minimum Gasteiger partial charge on any atom is -0.548 e. The van der Waals surface area contributed by atoms with Crippen molar-refractivity contribution in [2.24, 2.45) is 22.3 Å². The van der Waals surface area contributed by atoms with E-state index in [2.05, 4.69) is 9.97 Å². The van der Waals surface area contributed by atoms with Gasteiger partial charge in [0.1, 0.15) is 6.04 Å². The molecule has 0 aliphatic carbocycles. The Labute approximate surface area is 369 Å². The standard InChI is InChI=1S/C29H27N3O4.C16H17N3O4.Na/c1-29(2)17-21-23(22(26(30)33)20-15-9-10-16-31-20)27(34)32(21)25(29)28(35)36-24(18-11-5-3-6-12-18)19-13-7-4-8-14-19;1-16(2)7-9-11(14(21)19(9)12(16)15(22)23)10(13(17)20)8-5-3-4-6-18-8;/h3-16,21,24-25H,17H2,1-2H3,(H2,30,33);3-6,9,12H,7H2,1-2H3,(H2,17,20)(H,22,23);/q;;+1/p-1/b23-22-;11-10-;/t21?,25-;9?,12-;/m00./s1. The second-order valence-corrected chi connectivity index (χ2v) is 16.3. The van der Waals surface area contributed by atoms with Gasteiger partial charge in [-0.05, 0) is 59.1 Å². The first-order valence-electron chi connectivity index (χ1n) is 19.1. The molecule has 8 rings (SSSR count). The van der Waals surface area contributed by atoms with E-state index in [0.717, 1.165) is 11.1 Å². The number of nitrogens with two attached hydrogens (primary N) is 2. The number of benzene rings is 2. The van der Waals surface area contributed by atoms with Crippen molar-refractivity contribution in [3.63, 3.8) is 0 Å². The molecule has 2 aromatic heterocycles. The summed E-state index contributed by atoms with van der Waals surface area (Å²) in [6.07, 6.45) is 3.36. The van der Waals surface area contributed by atoms with Crippen molar-refractivity contribution in [2.75, 3.05) is 0 Å². The number of hydrogen-bond acceptors (Lipinski definition) is 10. The smallest absolute Gasteiger partial charge is 0.548 e. The number of carbonyl (C=O) groups is 6. The number of carboxylic acid groups (broad SMARTS) is 1. The van der Waals surface area contributed by atoms with Crippen LogP contribution >= 0.6 is 0 Å². The van der Waals surface area contributed by atoms with E-state index in [1.165, 1.54) is 16.0 Å². The van der Waals surface area contributed by atoms with Gasteiger partial charge in [0.25, 0.3) is 23.6 Å². The number of fused-ring (bicyclic) bond motifs is 2. The van der Waals surface area contributed by atoms with Crippen molar-refractivity contribution < 1.29 is 68.2 Å². The van der Waals surface area contributed by atoms with Gasteiger partial charge in [-0.15, -0.1) is 0 Å². The summed E-state index contributed by atoms with van der Waals surface area (Å²) < 4.78 is 6.12. The van der Waals surface area contributed by atoms with Crippen molar-refractivity contribution in [1.29, 1.82) is 0 Å². The van der Waals surface area contributed by atoms with Crippen molar-refractivity contribution >= 4 is 46.7 Å². The van der Waals surface area contributed by atoms with Gasteiger partial charge in [0.15, 0.2) is 6.10 Å². The molecule has 4 atom stereocenters. The third kappa shape index (κ3) is 7.78. The summed E-state index contributed by atoms with van der Waals surface area (Å²) in [5, 5.41) is 11.4. The van der Waals surface area contributed by atoms with E-state index >= 15 is 0 Å². The predicted molar refractivity (Wildman–Crippen MR) is 212 cm³/mol. The molecule has 4 aromatic rings. The molecule has 6 heterocycles. The maximum absolute atomic E-state index is 13.7. The van der Waals surface area contributed by atoms with Gasteiger partial charge in [-0.2, -0.15) is 0 Å². The molecule has 0 bridgehead atoms. The normalized spacial score (nSPS) is 23.4. The van der Waals surface area contributed by atoms with Crippen LogP contribution < -0.4 is 46.1 Å². The molecule has 2 unspecified atom stereocenters. The summed E-state index contributed by atoms with van der Waals surface area (Å²) in [5.74, 6) is -4.11. The first-order chi connectivity index (χ1) is 28.0. The number of rotatable bonds is 9. The van der Waals surface area contributed by atoms with Crippen LogP contribution in [-0.4, -0.2) is 79.5 Å². The van der Waals surface area contributed by atoms with Gasteiger partial charge in [0.05, 0.1) is 57.8 Å². The van der Waals surface area contributed by atoms with Crippen molar-refractivity contribution in [2.45, 2.75) is 70.8 Å². The molecular formula is C45H43N6NaO8. The number of aromatic nitrogens is 2. The summed E-state index contributed by atoms with van der Waals surface area (Å²) >= 11 is 0. The largest absolute Gasteiger partial charge is 1.00 e. The molecule has 60 heavy (non-hydrogen) atoms. The zero-order valence-corrected chi connectivity index (χ0v) is 35.9. The number of amides is 4. The number of esters is 1. The second kappa shape index (κ2) is 17.0.